The van der Waals surface area contributed by atoms with Crippen LogP contribution in [0.2, 0.25) is 0 Å². The summed E-state index contributed by atoms with van der Waals surface area (Å²) in [7, 11) is 0. The summed E-state index contributed by atoms with van der Waals surface area (Å²) in [5.74, 6) is 7.48. The number of hydrogen-bond acceptors (Lipinski definition) is 4. The van der Waals surface area contributed by atoms with Gasteiger partial charge in [-0.2, -0.15) is 0 Å². The van der Waals surface area contributed by atoms with E-state index in [2.05, 4.69) is 33.8 Å². The number of hydrazine groups is 1. The van der Waals surface area contributed by atoms with Gasteiger partial charge in [0.25, 0.3) is 0 Å². The number of nitrogens with two attached hydrogens (primary N) is 1. The number of nitrogens with zero attached hydrogens (tertiary/aromatic N) is 3. The highest BCUT2D eigenvalue weighted by Gasteiger charge is 2.07. The van der Waals surface area contributed by atoms with E-state index in [-0.39, 0.29) is 0 Å². The normalized spacial score (nSPS) is 10.8. The van der Waals surface area contributed by atoms with E-state index in [1.807, 2.05) is 30.6 Å². The van der Waals surface area contributed by atoms with E-state index >= 15 is 0 Å². The van der Waals surface area contributed by atoms with Crippen molar-refractivity contribution in [2.24, 2.45) is 5.84 Å². The second kappa shape index (κ2) is 4.97. The molecular formula is C12H17N5. The third kappa shape index (κ3) is 2.62. The zero-order valence-electron chi connectivity index (χ0n) is 10.1. The molecule has 0 saturated heterocycles. The number of pyridine rings is 1. The van der Waals surface area contributed by atoms with Crippen LogP contribution in [0.3, 0.4) is 0 Å². The van der Waals surface area contributed by atoms with Crippen LogP contribution < -0.4 is 11.3 Å². The monoisotopic (exact) mass is 231 g/mol. The van der Waals surface area contributed by atoms with Crippen LogP contribution in [0.15, 0.2) is 30.6 Å². The highest BCUT2D eigenvalue weighted by atomic mass is 15.2. The number of aromatic nitrogens is 3. The maximum atomic E-state index is 5.34. The lowest BCUT2D eigenvalue weighted by Gasteiger charge is -2.10. The number of rotatable bonds is 4. The van der Waals surface area contributed by atoms with E-state index in [1.54, 1.807) is 0 Å². The quantitative estimate of drug-likeness (QED) is 0.621. The first-order valence-corrected chi connectivity index (χ1v) is 5.64. The van der Waals surface area contributed by atoms with Crippen molar-refractivity contribution in [3.05, 3.63) is 42.1 Å². The molecule has 3 N–H and O–H groups in total. The van der Waals surface area contributed by atoms with Crippen molar-refractivity contribution in [3.63, 3.8) is 0 Å². The molecule has 2 aromatic heterocycles. The predicted octanol–water partition coefficient (Wildman–Crippen LogP) is 1.74. The first-order chi connectivity index (χ1) is 8.20. The Hall–Kier alpha value is -1.88. The van der Waals surface area contributed by atoms with Gasteiger partial charge in [-0.25, -0.2) is 15.8 Å². The van der Waals surface area contributed by atoms with Crippen molar-refractivity contribution in [3.8, 4) is 0 Å². The first-order valence-electron chi connectivity index (χ1n) is 5.64. The minimum atomic E-state index is 0.404. The lowest BCUT2D eigenvalue weighted by Crippen LogP contribution is -2.11. The van der Waals surface area contributed by atoms with E-state index in [1.165, 1.54) is 0 Å². The molecule has 5 heteroatoms. The Balaban J connectivity index is 2.22. The van der Waals surface area contributed by atoms with Gasteiger partial charge < -0.3 is 9.99 Å². The summed E-state index contributed by atoms with van der Waals surface area (Å²) < 4.78 is 2.10. The van der Waals surface area contributed by atoms with Crippen LogP contribution >= 0.6 is 0 Å². The summed E-state index contributed by atoms with van der Waals surface area (Å²) in [5.41, 5.74) is 3.51. The van der Waals surface area contributed by atoms with Crippen LogP contribution in [-0.2, 0) is 6.54 Å². The van der Waals surface area contributed by atoms with Gasteiger partial charge in [0, 0.05) is 18.3 Å². The van der Waals surface area contributed by atoms with Gasteiger partial charge in [-0.15, -0.1) is 0 Å². The molecule has 0 fully saturated rings. The Morgan fingerprint density at radius 3 is 2.94 bits per heavy atom. The maximum Gasteiger partial charge on any atom is 0.140 e. The largest absolute Gasteiger partial charge is 0.329 e. The Kier molecular flexibility index (Phi) is 3.39. The number of hydrogen-bond donors (Lipinski definition) is 2. The van der Waals surface area contributed by atoms with Crippen molar-refractivity contribution in [2.75, 3.05) is 5.43 Å². The van der Waals surface area contributed by atoms with Gasteiger partial charge in [0.05, 0.1) is 12.2 Å². The molecule has 0 aliphatic rings. The molecule has 0 radical (unpaired) electrons. The fourth-order valence-corrected chi connectivity index (χ4v) is 1.78. The van der Waals surface area contributed by atoms with Crippen LogP contribution in [-0.4, -0.2) is 14.5 Å². The van der Waals surface area contributed by atoms with Crippen LogP contribution in [0.4, 0.5) is 5.82 Å². The van der Waals surface area contributed by atoms with E-state index in [0.29, 0.717) is 18.3 Å². The Morgan fingerprint density at radius 1 is 1.41 bits per heavy atom. The maximum absolute atomic E-state index is 5.34. The second-order valence-electron chi connectivity index (χ2n) is 4.23. The molecule has 0 amide bonds. The highest BCUT2D eigenvalue weighted by Crippen LogP contribution is 2.13. The van der Waals surface area contributed by atoms with Crippen LogP contribution in [0.5, 0.6) is 0 Å². The third-order valence-corrected chi connectivity index (χ3v) is 2.55. The zero-order chi connectivity index (χ0) is 12.3. The van der Waals surface area contributed by atoms with E-state index < -0.39 is 0 Å². The Morgan fingerprint density at radius 2 is 2.24 bits per heavy atom. The highest BCUT2D eigenvalue weighted by molar-refractivity contribution is 5.33. The molecule has 0 atom stereocenters. The molecule has 0 bridgehead atoms. The summed E-state index contributed by atoms with van der Waals surface area (Å²) in [6.45, 7) is 4.97. The van der Waals surface area contributed by atoms with Crippen LogP contribution in [0, 0.1) is 0 Å². The minimum absolute atomic E-state index is 0.404. The molecular weight excluding hydrogens is 214 g/mol. The molecule has 0 aliphatic carbocycles. The molecule has 0 aromatic carbocycles. The van der Waals surface area contributed by atoms with Gasteiger partial charge >= 0.3 is 0 Å². The third-order valence-electron chi connectivity index (χ3n) is 2.55. The standard InChI is InChI=1S/C12H17N5/c1-9(2)12-14-6-7-17(12)8-10-4-3-5-11(15-10)16-13/h3-7,9H,8,13H2,1-2H3,(H,15,16). The van der Waals surface area contributed by atoms with E-state index in [4.69, 9.17) is 5.84 Å². The average molecular weight is 231 g/mol. The topological polar surface area (TPSA) is 68.8 Å². The fourth-order valence-electron chi connectivity index (χ4n) is 1.78. The number of nitrogen functional groups attached to an aromatic ring is 1. The number of nitrogens with one attached hydrogen (secondary N) is 1. The lowest BCUT2D eigenvalue weighted by atomic mass is 10.2. The second-order valence-corrected chi connectivity index (χ2v) is 4.23. The fraction of sp³-hybridized carbons (Fsp3) is 0.333. The van der Waals surface area contributed by atoms with Crippen molar-refractivity contribution >= 4 is 5.82 Å². The molecule has 2 heterocycles. The molecule has 90 valence electrons. The smallest absolute Gasteiger partial charge is 0.140 e. The lowest BCUT2D eigenvalue weighted by molar-refractivity contribution is 0.661. The van der Waals surface area contributed by atoms with Crippen molar-refractivity contribution in [1.82, 2.24) is 14.5 Å². The van der Waals surface area contributed by atoms with Crippen molar-refractivity contribution < 1.29 is 0 Å². The zero-order valence-corrected chi connectivity index (χ0v) is 10.1. The van der Waals surface area contributed by atoms with Gasteiger partial charge in [0.1, 0.15) is 11.6 Å². The van der Waals surface area contributed by atoms with Crippen molar-refractivity contribution in [1.29, 1.82) is 0 Å². The van der Waals surface area contributed by atoms with Gasteiger partial charge in [-0.05, 0) is 12.1 Å². The average Bonchev–Trinajstić information content (AvgIpc) is 2.77. The molecule has 0 aliphatic heterocycles. The molecule has 17 heavy (non-hydrogen) atoms. The predicted molar refractivity (Wildman–Crippen MR) is 67.5 cm³/mol. The van der Waals surface area contributed by atoms with E-state index in [9.17, 15) is 0 Å². The Labute approximate surface area is 101 Å². The molecule has 0 spiro atoms. The summed E-state index contributed by atoms with van der Waals surface area (Å²) in [5, 5.41) is 0. The summed E-state index contributed by atoms with van der Waals surface area (Å²) in [6.07, 6.45) is 3.79. The molecule has 0 saturated carbocycles. The Bertz CT molecular complexity index is 489. The van der Waals surface area contributed by atoms with Crippen molar-refractivity contribution in [2.45, 2.75) is 26.3 Å². The molecule has 5 nitrogen and oxygen atoms in total. The van der Waals surface area contributed by atoms with Gasteiger partial charge in [0.15, 0.2) is 0 Å². The first kappa shape index (κ1) is 11.6. The van der Waals surface area contributed by atoms with E-state index in [0.717, 1.165) is 11.5 Å². The van der Waals surface area contributed by atoms with Gasteiger partial charge in [0.2, 0.25) is 0 Å². The molecule has 2 aromatic rings. The summed E-state index contributed by atoms with van der Waals surface area (Å²) >= 11 is 0. The van der Waals surface area contributed by atoms with Crippen LogP contribution in [0.1, 0.15) is 31.3 Å². The van der Waals surface area contributed by atoms with Gasteiger partial charge in [-0.1, -0.05) is 19.9 Å². The number of anilines is 1. The van der Waals surface area contributed by atoms with Gasteiger partial charge in [-0.3, -0.25) is 0 Å². The summed E-state index contributed by atoms with van der Waals surface area (Å²) in [4.78, 5) is 8.73. The minimum Gasteiger partial charge on any atom is -0.329 e. The molecule has 0 unspecified atom stereocenters. The summed E-state index contributed by atoms with van der Waals surface area (Å²) in [6, 6.07) is 5.75. The van der Waals surface area contributed by atoms with Crippen LogP contribution in [0.25, 0.3) is 0 Å². The number of imidazole rings is 1. The SMILES string of the molecule is CC(C)c1nccn1Cc1cccc(NN)n1. The molecule has 2 rings (SSSR count).